The maximum atomic E-state index is 9.99. The largest absolute Gasteiger partial charge is 0.391 e. The molecule has 96 valence electrons. The number of fused-ring (bicyclic) bond motifs is 1. The zero-order chi connectivity index (χ0) is 12.7. The molecule has 8 nitrogen and oxygen atoms in total. The minimum atomic E-state index is -1.38. The number of aliphatic hydroxyl groups excluding tert-OH is 2. The summed E-state index contributed by atoms with van der Waals surface area (Å²) in [6.07, 6.45) is -2.53. The van der Waals surface area contributed by atoms with E-state index in [2.05, 4.69) is 10.0 Å². The first kappa shape index (κ1) is 12.6. The lowest BCUT2D eigenvalue weighted by Gasteiger charge is -2.26. The summed E-state index contributed by atoms with van der Waals surface area (Å²) in [5.41, 5.74) is 8.23. The van der Waals surface area contributed by atoms with E-state index < -0.39 is 36.5 Å². The van der Waals surface area contributed by atoms with Crippen LogP contribution in [0.15, 0.2) is 5.11 Å². The van der Waals surface area contributed by atoms with Crippen LogP contribution in [-0.4, -0.2) is 53.3 Å². The molecule has 0 unspecified atom stereocenters. The Bertz CT molecular complexity index is 357. The lowest BCUT2D eigenvalue weighted by Crippen LogP contribution is -2.43. The molecule has 0 bridgehead atoms. The molecular weight excluding hydrogens is 230 g/mol. The molecule has 0 aromatic carbocycles. The van der Waals surface area contributed by atoms with Gasteiger partial charge in [0.15, 0.2) is 5.79 Å². The molecule has 2 N–H and O–H groups in total. The second-order valence-corrected chi connectivity index (χ2v) is 4.57. The van der Waals surface area contributed by atoms with Gasteiger partial charge in [0, 0.05) is 4.91 Å². The summed E-state index contributed by atoms with van der Waals surface area (Å²) in [5.74, 6) is -2.31. The second kappa shape index (κ2) is 4.09. The van der Waals surface area contributed by atoms with Crippen molar-refractivity contribution in [3.05, 3.63) is 10.4 Å². The van der Waals surface area contributed by atoms with Crippen LogP contribution in [0.5, 0.6) is 0 Å². The number of rotatable bonds is 3. The highest BCUT2D eigenvalue weighted by atomic mass is 16.9. The average molecular weight is 245 g/mol. The number of ether oxygens (including phenoxy) is 3. The van der Waals surface area contributed by atoms with Crippen molar-refractivity contribution in [2.75, 3.05) is 13.2 Å². The fraction of sp³-hybridized carbons (Fsp3) is 1.00. The Hall–Kier alpha value is -0.890. The summed E-state index contributed by atoms with van der Waals surface area (Å²) in [6.45, 7) is 2.86. The topological polar surface area (TPSA) is 117 Å². The summed E-state index contributed by atoms with van der Waals surface area (Å²) in [5, 5.41) is 22.7. The molecule has 2 aliphatic rings. The van der Waals surface area contributed by atoms with E-state index in [1.54, 1.807) is 13.8 Å². The first-order valence-corrected chi connectivity index (χ1v) is 5.30. The van der Waals surface area contributed by atoms with E-state index in [1.807, 2.05) is 0 Å². The highest BCUT2D eigenvalue weighted by Crippen LogP contribution is 2.45. The van der Waals surface area contributed by atoms with Gasteiger partial charge in [0.05, 0.1) is 12.6 Å². The summed E-state index contributed by atoms with van der Waals surface area (Å²) in [6, 6.07) is 0. The van der Waals surface area contributed by atoms with Gasteiger partial charge in [-0.3, -0.25) is 0 Å². The van der Waals surface area contributed by atoms with Gasteiger partial charge in [0.25, 0.3) is 0 Å². The van der Waals surface area contributed by atoms with E-state index in [0.717, 1.165) is 0 Å². The Morgan fingerprint density at radius 1 is 1.41 bits per heavy atom. The van der Waals surface area contributed by atoms with E-state index in [0.29, 0.717) is 0 Å². The number of nitrogens with zero attached hydrogens (tertiary/aromatic N) is 3. The molecule has 0 aromatic rings. The predicted octanol–water partition coefficient (Wildman–Crippen LogP) is -0.104. The second-order valence-electron chi connectivity index (χ2n) is 4.57. The summed E-state index contributed by atoms with van der Waals surface area (Å²) in [4.78, 5) is 2.59. The third-order valence-electron chi connectivity index (χ3n) is 2.85. The molecule has 0 radical (unpaired) electrons. The molecule has 2 aliphatic heterocycles. The first-order valence-electron chi connectivity index (χ1n) is 5.30. The van der Waals surface area contributed by atoms with Crippen LogP contribution >= 0.6 is 0 Å². The SMILES string of the molecule is CC1(C)O[C@H]2[C@H](O)[C@H](CN=[N+]=[N-])O[C@@]2(CO)O1. The molecule has 17 heavy (non-hydrogen) atoms. The molecule has 0 spiro atoms. The third kappa shape index (κ3) is 1.99. The monoisotopic (exact) mass is 245 g/mol. The van der Waals surface area contributed by atoms with Gasteiger partial charge in [0.1, 0.15) is 18.8 Å². The van der Waals surface area contributed by atoms with Crippen LogP contribution in [0.2, 0.25) is 0 Å². The van der Waals surface area contributed by atoms with Crippen molar-refractivity contribution in [3.63, 3.8) is 0 Å². The highest BCUT2D eigenvalue weighted by Gasteiger charge is 2.64. The van der Waals surface area contributed by atoms with E-state index >= 15 is 0 Å². The maximum Gasteiger partial charge on any atom is 0.224 e. The van der Waals surface area contributed by atoms with Gasteiger partial charge >= 0.3 is 0 Å². The Labute approximate surface area is 97.7 Å². The minimum absolute atomic E-state index is 0.0386. The van der Waals surface area contributed by atoms with Gasteiger partial charge in [-0.2, -0.15) is 0 Å². The standard InChI is InChI=1S/C9H15N3O5/c1-8(2)16-7-6(14)5(3-11-12-10)15-9(7,4-13)17-8/h5-7,13-14H,3-4H2,1-2H3/t5-,6+,7-,9-/m0/s1. The predicted molar refractivity (Wildman–Crippen MR) is 54.7 cm³/mol. The number of azide groups is 1. The molecule has 0 aromatic heterocycles. The first-order chi connectivity index (χ1) is 7.94. The zero-order valence-electron chi connectivity index (χ0n) is 9.61. The fourth-order valence-electron chi connectivity index (χ4n) is 2.26. The highest BCUT2D eigenvalue weighted by molar-refractivity contribution is 5.02. The van der Waals surface area contributed by atoms with Crippen LogP contribution < -0.4 is 0 Å². The van der Waals surface area contributed by atoms with Crippen LogP contribution in [0.1, 0.15) is 13.8 Å². The van der Waals surface area contributed by atoms with Gasteiger partial charge in [-0.15, -0.1) is 0 Å². The van der Waals surface area contributed by atoms with Crippen LogP contribution in [0.4, 0.5) is 0 Å². The van der Waals surface area contributed by atoms with Crippen molar-refractivity contribution in [1.82, 2.24) is 0 Å². The normalized spacial score (nSPS) is 43.2. The molecule has 2 heterocycles. The maximum absolute atomic E-state index is 9.99. The Morgan fingerprint density at radius 2 is 2.12 bits per heavy atom. The molecular formula is C9H15N3O5. The smallest absolute Gasteiger partial charge is 0.224 e. The van der Waals surface area contributed by atoms with E-state index in [-0.39, 0.29) is 6.54 Å². The van der Waals surface area contributed by atoms with Crippen LogP contribution in [0.3, 0.4) is 0 Å². The van der Waals surface area contributed by atoms with Crippen molar-refractivity contribution in [2.24, 2.45) is 5.11 Å². The lowest BCUT2D eigenvalue weighted by atomic mass is 10.1. The summed E-state index contributed by atoms with van der Waals surface area (Å²) >= 11 is 0. The Morgan fingerprint density at radius 3 is 2.65 bits per heavy atom. The van der Waals surface area contributed by atoms with E-state index in [1.165, 1.54) is 0 Å². The fourth-order valence-corrected chi connectivity index (χ4v) is 2.26. The van der Waals surface area contributed by atoms with Crippen molar-refractivity contribution < 1.29 is 24.4 Å². The summed E-state index contributed by atoms with van der Waals surface area (Å²) < 4.78 is 16.5. The van der Waals surface area contributed by atoms with Gasteiger partial charge in [-0.05, 0) is 19.4 Å². The average Bonchev–Trinajstić information content (AvgIpc) is 2.67. The van der Waals surface area contributed by atoms with Crippen molar-refractivity contribution >= 4 is 0 Å². The molecule has 0 saturated carbocycles. The van der Waals surface area contributed by atoms with E-state index in [4.69, 9.17) is 19.7 Å². The number of hydrogen-bond acceptors (Lipinski definition) is 6. The summed E-state index contributed by atoms with van der Waals surface area (Å²) in [7, 11) is 0. The molecule has 0 aliphatic carbocycles. The third-order valence-corrected chi connectivity index (χ3v) is 2.85. The zero-order valence-corrected chi connectivity index (χ0v) is 9.61. The van der Waals surface area contributed by atoms with Crippen LogP contribution in [0, 0.1) is 0 Å². The van der Waals surface area contributed by atoms with Crippen LogP contribution in [-0.2, 0) is 14.2 Å². The quantitative estimate of drug-likeness (QED) is 0.409. The van der Waals surface area contributed by atoms with Gasteiger partial charge in [-0.25, -0.2) is 0 Å². The molecule has 2 saturated heterocycles. The lowest BCUT2D eigenvalue weighted by molar-refractivity contribution is -0.272. The van der Waals surface area contributed by atoms with Crippen molar-refractivity contribution in [2.45, 2.75) is 43.7 Å². The number of hydrogen-bond donors (Lipinski definition) is 2. The molecule has 4 atom stereocenters. The van der Waals surface area contributed by atoms with Gasteiger partial charge < -0.3 is 24.4 Å². The van der Waals surface area contributed by atoms with Crippen molar-refractivity contribution in [3.8, 4) is 0 Å². The minimum Gasteiger partial charge on any atom is -0.391 e. The Balaban J connectivity index is 2.18. The van der Waals surface area contributed by atoms with E-state index in [9.17, 15) is 10.2 Å². The molecule has 0 amide bonds. The van der Waals surface area contributed by atoms with Crippen molar-refractivity contribution in [1.29, 1.82) is 0 Å². The molecule has 2 fully saturated rings. The molecule has 8 heteroatoms. The molecule has 2 rings (SSSR count). The van der Waals surface area contributed by atoms with Gasteiger partial charge in [-0.1, -0.05) is 5.11 Å². The van der Waals surface area contributed by atoms with Crippen LogP contribution in [0.25, 0.3) is 10.4 Å². The Kier molecular flexibility index (Phi) is 3.03. The number of aliphatic hydroxyl groups is 2. The van der Waals surface area contributed by atoms with Gasteiger partial charge in [0.2, 0.25) is 5.79 Å².